The molecule has 0 radical (unpaired) electrons. The predicted molar refractivity (Wildman–Crippen MR) is 58.3 cm³/mol. The number of rotatable bonds is 7. The van der Waals surface area contributed by atoms with Gasteiger partial charge < -0.3 is 10.6 Å². The highest BCUT2D eigenvalue weighted by molar-refractivity contribution is 4.97. The Morgan fingerprint density at radius 1 is 1.57 bits per heavy atom. The van der Waals surface area contributed by atoms with Crippen LogP contribution in [-0.2, 0) is 6.42 Å². The molecule has 0 saturated heterocycles. The first-order valence-corrected chi connectivity index (χ1v) is 5.25. The first-order chi connectivity index (χ1) is 6.83. The van der Waals surface area contributed by atoms with E-state index in [1.54, 1.807) is 6.20 Å². The highest BCUT2D eigenvalue weighted by Crippen LogP contribution is 1.91. The molecule has 0 aromatic carbocycles. The van der Waals surface area contributed by atoms with Crippen molar-refractivity contribution in [3.05, 3.63) is 18.0 Å². The second kappa shape index (κ2) is 6.56. The smallest absolute Gasteiger partial charge is 0.0490 e. The predicted octanol–water partition coefficient (Wildman–Crippen LogP) is 0.540. The summed E-state index contributed by atoms with van der Waals surface area (Å²) in [5.41, 5.74) is 1.19. The van der Waals surface area contributed by atoms with E-state index >= 15 is 0 Å². The Morgan fingerprint density at radius 3 is 3.07 bits per heavy atom. The minimum absolute atomic E-state index is 0.526. The van der Waals surface area contributed by atoms with Crippen molar-refractivity contribution in [2.75, 3.05) is 19.6 Å². The molecule has 1 rings (SSSR count). The zero-order valence-corrected chi connectivity index (χ0v) is 9.01. The summed E-state index contributed by atoms with van der Waals surface area (Å²) >= 11 is 0. The zero-order valence-electron chi connectivity index (χ0n) is 9.01. The summed E-state index contributed by atoms with van der Waals surface area (Å²) in [7, 11) is 0. The van der Waals surface area contributed by atoms with Gasteiger partial charge in [0.15, 0.2) is 0 Å². The molecular formula is C10H20N4. The van der Waals surface area contributed by atoms with Gasteiger partial charge in [-0.2, -0.15) is 5.10 Å². The number of aromatic nitrogens is 2. The van der Waals surface area contributed by atoms with Crippen molar-refractivity contribution in [1.29, 1.82) is 0 Å². The van der Waals surface area contributed by atoms with Crippen LogP contribution in [-0.4, -0.2) is 35.9 Å². The van der Waals surface area contributed by atoms with Gasteiger partial charge in [0.25, 0.3) is 0 Å². The third-order valence-electron chi connectivity index (χ3n) is 2.15. The summed E-state index contributed by atoms with van der Waals surface area (Å²) in [5.74, 6) is 0. The van der Waals surface area contributed by atoms with Crippen LogP contribution in [0.5, 0.6) is 0 Å². The molecule has 1 aromatic rings. The number of nitrogens with one attached hydrogen (secondary N) is 3. The molecule has 0 spiro atoms. The van der Waals surface area contributed by atoms with E-state index in [0.717, 1.165) is 26.1 Å². The number of hydrogen-bond acceptors (Lipinski definition) is 3. The molecule has 3 N–H and O–H groups in total. The molecule has 0 aliphatic carbocycles. The van der Waals surface area contributed by atoms with Gasteiger partial charge >= 0.3 is 0 Å². The van der Waals surface area contributed by atoms with E-state index in [4.69, 9.17) is 0 Å². The van der Waals surface area contributed by atoms with Crippen LogP contribution in [0, 0.1) is 0 Å². The molecular weight excluding hydrogens is 176 g/mol. The number of nitrogens with zero attached hydrogens (tertiary/aromatic N) is 1. The van der Waals surface area contributed by atoms with Crippen LogP contribution in [0.25, 0.3) is 0 Å². The average molecular weight is 196 g/mol. The number of hydrogen-bond donors (Lipinski definition) is 3. The van der Waals surface area contributed by atoms with Gasteiger partial charge in [0, 0.05) is 37.4 Å². The molecule has 4 nitrogen and oxygen atoms in total. The first kappa shape index (κ1) is 11.2. The van der Waals surface area contributed by atoms with E-state index in [2.05, 4.69) is 34.7 Å². The molecule has 1 atom stereocenters. The lowest BCUT2D eigenvalue weighted by Gasteiger charge is -2.13. The summed E-state index contributed by atoms with van der Waals surface area (Å²) in [6.45, 7) is 7.37. The molecule has 0 fully saturated rings. The highest BCUT2D eigenvalue weighted by atomic mass is 15.1. The molecule has 1 aromatic heterocycles. The minimum Gasteiger partial charge on any atom is -0.315 e. The zero-order chi connectivity index (χ0) is 10.2. The van der Waals surface area contributed by atoms with Crippen molar-refractivity contribution in [1.82, 2.24) is 20.8 Å². The largest absolute Gasteiger partial charge is 0.315 e. The topological polar surface area (TPSA) is 52.7 Å². The van der Waals surface area contributed by atoms with Gasteiger partial charge in [0.2, 0.25) is 0 Å². The van der Waals surface area contributed by atoms with Gasteiger partial charge in [-0.05, 0) is 19.5 Å². The second-order valence-electron chi connectivity index (χ2n) is 3.49. The number of H-pyrrole nitrogens is 1. The molecule has 80 valence electrons. The normalized spacial score (nSPS) is 13.0. The van der Waals surface area contributed by atoms with E-state index in [0.29, 0.717) is 6.04 Å². The van der Waals surface area contributed by atoms with Crippen molar-refractivity contribution >= 4 is 0 Å². The lowest BCUT2D eigenvalue weighted by molar-refractivity contribution is 0.510. The van der Waals surface area contributed by atoms with E-state index in [9.17, 15) is 0 Å². The number of aromatic amines is 1. The third-order valence-corrected chi connectivity index (χ3v) is 2.15. The summed E-state index contributed by atoms with van der Waals surface area (Å²) < 4.78 is 0. The van der Waals surface area contributed by atoms with Crippen molar-refractivity contribution in [2.45, 2.75) is 26.3 Å². The third kappa shape index (κ3) is 4.39. The van der Waals surface area contributed by atoms with Gasteiger partial charge in [-0.15, -0.1) is 0 Å². The Hall–Kier alpha value is -0.870. The first-order valence-electron chi connectivity index (χ1n) is 5.25. The van der Waals surface area contributed by atoms with Crippen LogP contribution in [0.2, 0.25) is 0 Å². The minimum atomic E-state index is 0.526. The molecule has 1 unspecified atom stereocenters. The molecule has 0 aliphatic heterocycles. The van der Waals surface area contributed by atoms with Crippen molar-refractivity contribution in [3.8, 4) is 0 Å². The fraction of sp³-hybridized carbons (Fsp3) is 0.700. The van der Waals surface area contributed by atoms with Gasteiger partial charge in [-0.3, -0.25) is 5.10 Å². The van der Waals surface area contributed by atoms with Crippen molar-refractivity contribution in [3.63, 3.8) is 0 Å². The fourth-order valence-electron chi connectivity index (χ4n) is 1.31. The van der Waals surface area contributed by atoms with E-state index < -0.39 is 0 Å². The molecule has 4 heteroatoms. The van der Waals surface area contributed by atoms with E-state index in [-0.39, 0.29) is 0 Å². The van der Waals surface area contributed by atoms with E-state index in [1.807, 2.05) is 6.07 Å². The Morgan fingerprint density at radius 2 is 2.43 bits per heavy atom. The van der Waals surface area contributed by atoms with Crippen LogP contribution < -0.4 is 10.6 Å². The second-order valence-corrected chi connectivity index (χ2v) is 3.49. The lowest BCUT2D eigenvalue weighted by Crippen LogP contribution is -2.37. The lowest BCUT2D eigenvalue weighted by atomic mass is 10.3. The van der Waals surface area contributed by atoms with Gasteiger partial charge in [-0.25, -0.2) is 0 Å². The van der Waals surface area contributed by atoms with Gasteiger partial charge in [0.1, 0.15) is 0 Å². The molecule has 0 amide bonds. The number of likely N-dealkylation sites (N-methyl/N-ethyl adjacent to an activating group) is 1. The van der Waals surface area contributed by atoms with Crippen LogP contribution in [0.15, 0.2) is 12.3 Å². The van der Waals surface area contributed by atoms with Crippen molar-refractivity contribution in [2.24, 2.45) is 0 Å². The summed E-state index contributed by atoms with van der Waals surface area (Å²) in [6.07, 6.45) is 2.80. The summed E-state index contributed by atoms with van der Waals surface area (Å²) in [4.78, 5) is 0. The van der Waals surface area contributed by atoms with Crippen LogP contribution in [0.1, 0.15) is 19.5 Å². The maximum atomic E-state index is 3.90. The molecule has 0 saturated carbocycles. The maximum absolute atomic E-state index is 3.90. The molecule has 0 aliphatic rings. The molecule has 1 heterocycles. The fourth-order valence-corrected chi connectivity index (χ4v) is 1.31. The quantitative estimate of drug-likeness (QED) is 0.596. The molecule has 14 heavy (non-hydrogen) atoms. The Bertz CT molecular complexity index is 220. The van der Waals surface area contributed by atoms with Gasteiger partial charge in [0.05, 0.1) is 0 Å². The highest BCUT2D eigenvalue weighted by Gasteiger charge is 1.99. The Balaban J connectivity index is 2.03. The average Bonchev–Trinajstić information content (AvgIpc) is 2.67. The Kier molecular flexibility index (Phi) is 5.25. The Labute approximate surface area is 85.5 Å². The van der Waals surface area contributed by atoms with Crippen LogP contribution in [0.4, 0.5) is 0 Å². The monoisotopic (exact) mass is 196 g/mol. The van der Waals surface area contributed by atoms with Gasteiger partial charge in [-0.1, -0.05) is 6.92 Å². The summed E-state index contributed by atoms with van der Waals surface area (Å²) in [5, 5.41) is 13.6. The standard InChI is InChI=1S/C10H20N4/c1-3-11-8-9(2)12-6-4-10-5-7-13-14-10/h5,7,9,11-12H,3-4,6,8H2,1-2H3,(H,13,14). The maximum Gasteiger partial charge on any atom is 0.0490 e. The summed E-state index contributed by atoms with van der Waals surface area (Å²) in [6, 6.07) is 2.54. The van der Waals surface area contributed by atoms with Crippen LogP contribution in [0.3, 0.4) is 0 Å². The molecule has 0 bridgehead atoms. The SMILES string of the molecule is CCNCC(C)NCCc1ccn[nH]1. The van der Waals surface area contributed by atoms with Crippen molar-refractivity contribution < 1.29 is 0 Å². The van der Waals surface area contributed by atoms with E-state index in [1.165, 1.54) is 5.69 Å². The van der Waals surface area contributed by atoms with Crippen LogP contribution >= 0.6 is 0 Å².